The van der Waals surface area contributed by atoms with Crippen LogP contribution >= 0.6 is 0 Å². The molecule has 1 heterocycles. The minimum atomic E-state index is 0.670. The molecule has 88 valence electrons. The van der Waals surface area contributed by atoms with Crippen LogP contribution in [-0.2, 0) is 0 Å². The van der Waals surface area contributed by atoms with Crippen LogP contribution in [0.25, 0.3) is 11.3 Å². The minimum absolute atomic E-state index is 0.670. The Kier molecular flexibility index (Phi) is 3.43. The average molecular weight is 227 g/mol. The maximum atomic E-state index is 5.74. The van der Waals surface area contributed by atoms with Gasteiger partial charge in [-0.2, -0.15) is 0 Å². The molecule has 0 aliphatic heterocycles. The van der Waals surface area contributed by atoms with Gasteiger partial charge >= 0.3 is 0 Å². The molecule has 0 radical (unpaired) electrons. The fourth-order valence-electron chi connectivity index (χ4n) is 1.94. The van der Waals surface area contributed by atoms with Gasteiger partial charge in [0.05, 0.1) is 12.3 Å². The highest BCUT2D eigenvalue weighted by Gasteiger charge is 2.11. The molecule has 0 atom stereocenters. The second-order valence-corrected chi connectivity index (χ2v) is 4.05. The van der Waals surface area contributed by atoms with Crippen LogP contribution in [0, 0.1) is 13.8 Å². The molecule has 0 saturated heterocycles. The highest BCUT2D eigenvalue weighted by Crippen LogP contribution is 2.33. The van der Waals surface area contributed by atoms with Crippen molar-refractivity contribution in [3.8, 4) is 17.0 Å². The summed E-state index contributed by atoms with van der Waals surface area (Å²) < 4.78 is 5.74. The van der Waals surface area contributed by atoms with Crippen LogP contribution in [0.2, 0.25) is 0 Å². The smallest absolute Gasteiger partial charge is 0.131 e. The number of rotatable bonds is 3. The average Bonchev–Trinajstić information content (AvgIpc) is 2.33. The molecule has 0 fully saturated rings. The van der Waals surface area contributed by atoms with E-state index in [0.29, 0.717) is 6.61 Å². The molecule has 0 N–H and O–H groups in total. The van der Waals surface area contributed by atoms with Crippen molar-refractivity contribution in [1.82, 2.24) is 4.98 Å². The van der Waals surface area contributed by atoms with Crippen molar-refractivity contribution in [3.63, 3.8) is 0 Å². The summed E-state index contributed by atoms with van der Waals surface area (Å²) in [6.07, 6.45) is 1.82. The number of nitrogens with zero attached hydrogens (tertiary/aromatic N) is 1. The summed E-state index contributed by atoms with van der Waals surface area (Å²) in [5, 5.41) is 0. The lowest BCUT2D eigenvalue weighted by molar-refractivity contribution is 0.339. The van der Waals surface area contributed by atoms with E-state index in [-0.39, 0.29) is 0 Å². The van der Waals surface area contributed by atoms with E-state index in [4.69, 9.17) is 4.74 Å². The van der Waals surface area contributed by atoms with Crippen molar-refractivity contribution in [3.05, 3.63) is 47.7 Å². The Hall–Kier alpha value is -1.83. The summed E-state index contributed by atoms with van der Waals surface area (Å²) in [5.74, 6) is 0.941. The van der Waals surface area contributed by atoms with Gasteiger partial charge in [0.2, 0.25) is 0 Å². The van der Waals surface area contributed by atoms with Gasteiger partial charge in [-0.15, -0.1) is 0 Å². The summed E-state index contributed by atoms with van der Waals surface area (Å²) in [7, 11) is 0. The molecule has 0 saturated carbocycles. The third-order valence-electron chi connectivity index (χ3n) is 2.77. The molecule has 2 nitrogen and oxygen atoms in total. The zero-order chi connectivity index (χ0) is 12.3. The highest BCUT2D eigenvalue weighted by atomic mass is 16.5. The van der Waals surface area contributed by atoms with Crippen molar-refractivity contribution in [2.24, 2.45) is 0 Å². The van der Waals surface area contributed by atoms with E-state index in [1.807, 2.05) is 25.3 Å². The molecule has 0 spiro atoms. The number of para-hydroxylation sites is 1. The molecule has 0 aliphatic rings. The topological polar surface area (TPSA) is 22.1 Å². The van der Waals surface area contributed by atoms with E-state index in [1.165, 1.54) is 5.56 Å². The van der Waals surface area contributed by atoms with Crippen molar-refractivity contribution < 1.29 is 4.74 Å². The second-order valence-electron chi connectivity index (χ2n) is 4.05. The van der Waals surface area contributed by atoms with Crippen LogP contribution in [0.4, 0.5) is 0 Å². The summed E-state index contributed by atoms with van der Waals surface area (Å²) in [6.45, 7) is 6.80. The van der Waals surface area contributed by atoms with E-state index in [9.17, 15) is 0 Å². The van der Waals surface area contributed by atoms with Crippen molar-refractivity contribution in [2.45, 2.75) is 20.8 Å². The molecule has 0 amide bonds. The Bertz CT molecular complexity index is 520. The quantitative estimate of drug-likeness (QED) is 0.796. The first kappa shape index (κ1) is 11.6. The van der Waals surface area contributed by atoms with E-state index < -0.39 is 0 Å². The first-order valence-electron chi connectivity index (χ1n) is 5.88. The van der Waals surface area contributed by atoms with Crippen LogP contribution in [0.3, 0.4) is 0 Å². The molecular weight excluding hydrogens is 210 g/mol. The molecule has 17 heavy (non-hydrogen) atoms. The summed E-state index contributed by atoms with van der Waals surface area (Å²) in [5.41, 5.74) is 4.39. The van der Waals surface area contributed by atoms with E-state index in [2.05, 4.69) is 37.0 Å². The van der Waals surface area contributed by atoms with Gasteiger partial charge in [0, 0.05) is 11.8 Å². The summed E-state index contributed by atoms with van der Waals surface area (Å²) in [4.78, 5) is 4.45. The molecule has 0 unspecified atom stereocenters. The van der Waals surface area contributed by atoms with Gasteiger partial charge in [-0.3, -0.25) is 4.98 Å². The molecular formula is C15H17NO. The zero-order valence-corrected chi connectivity index (χ0v) is 10.5. The third-order valence-corrected chi connectivity index (χ3v) is 2.77. The van der Waals surface area contributed by atoms with Gasteiger partial charge in [-0.25, -0.2) is 0 Å². The molecule has 1 aromatic carbocycles. The number of aryl methyl sites for hydroxylation is 2. The van der Waals surface area contributed by atoms with Gasteiger partial charge in [-0.05, 0) is 44.0 Å². The number of aromatic nitrogens is 1. The normalized spacial score (nSPS) is 10.3. The van der Waals surface area contributed by atoms with Gasteiger partial charge in [-0.1, -0.05) is 18.2 Å². The second kappa shape index (κ2) is 5.00. The number of pyridine rings is 1. The Labute approximate surface area is 102 Å². The third kappa shape index (κ3) is 2.31. The largest absolute Gasteiger partial charge is 0.493 e. The fourth-order valence-corrected chi connectivity index (χ4v) is 1.94. The first-order valence-corrected chi connectivity index (χ1v) is 5.88. The highest BCUT2D eigenvalue weighted by molar-refractivity contribution is 5.71. The molecule has 0 aliphatic carbocycles. The van der Waals surface area contributed by atoms with Gasteiger partial charge in [0.15, 0.2) is 0 Å². The van der Waals surface area contributed by atoms with Crippen molar-refractivity contribution in [1.29, 1.82) is 0 Å². The zero-order valence-electron chi connectivity index (χ0n) is 10.5. The van der Waals surface area contributed by atoms with E-state index in [0.717, 1.165) is 22.6 Å². The number of benzene rings is 1. The maximum absolute atomic E-state index is 5.74. The Balaban J connectivity index is 2.59. The SMILES string of the molecule is CCOc1c(C)cccc1-c1ncccc1C. The minimum Gasteiger partial charge on any atom is -0.493 e. The standard InChI is InChI=1S/C15H17NO/c1-4-17-15-12(3)7-5-9-13(15)14-11(2)8-6-10-16-14/h5-10H,4H2,1-3H3. The van der Waals surface area contributed by atoms with Crippen LogP contribution in [-0.4, -0.2) is 11.6 Å². The molecule has 2 rings (SSSR count). The molecule has 2 aromatic rings. The number of ether oxygens (including phenoxy) is 1. The number of hydrogen-bond acceptors (Lipinski definition) is 2. The van der Waals surface area contributed by atoms with Crippen LogP contribution in [0.15, 0.2) is 36.5 Å². The van der Waals surface area contributed by atoms with Crippen LogP contribution in [0.5, 0.6) is 5.75 Å². The molecule has 2 heteroatoms. The lowest BCUT2D eigenvalue weighted by atomic mass is 10.0. The van der Waals surface area contributed by atoms with Gasteiger partial charge in [0.1, 0.15) is 5.75 Å². The summed E-state index contributed by atoms with van der Waals surface area (Å²) in [6, 6.07) is 10.2. The predicted octanol–water partition coefficient (Wildman–Crippen LogP) is 3.76. The monoisotopic (exact) mass is 227 g/mol. The van der Waals surface area contributed by atoms with E-state index in [1.54, 1.807) is 0 Å². The van der Waals surface area contributed by atoms with Crippen LogP contribution in [0.1, 0.15) is 18.1 Å². The van der Waals surface area contributed by atoms with Gasteiger partial charge in [0.25, 0.3) is 0 Å². The van der Waals surface area contributed by atoms with Crippen molar-refractivity contribution in [2.75, 3.05) is 6.61 Å². The van der Waals surface area contributed by atoms with Crippen molar-refractivity contribution >= 4 is 0 Å². The number of hydrogen-bond donors (Lipinski definition) is 0. The Morgan fingerprint density at radius 1 is 1.06 bits per heavy atom. The van der Waals surface area contributed by atoms with Crippen LogP contribution < -0.4 is 4.74 Å². The lowest BCUT2D eigenvalue weighted by Crippen LogP contribution is -1.98. The lowest BCUT2D eigenvalue weighted by Gasteiger charge is -2.13. The maximum Gasteiger partial charge on any atom is 0.131 e. The molecule has 1 aromatic heterocycles. The Morgan fingerprint density at radius 2 is 1.82 bits per heavy atom. The predicted molar refractivity (Wildman–Crippen MR) is 70.3 cm³/mol. The fraction of sp³-hybridized carbons (Fsp3) is 0.267. The van der Waals surface area contributed by atoms with Gasteiger partial charge < -0.3 is 4.74 Å². The van der Waals surface area contributed by atoms with E-state index >= 15 is 0 Å². The first-order chi connectivity index (χ1) is 8.24. The summed E-state index contributed by atoms with van der Waals surface area (Å²) >= 11 is 0. The Morgan fingerprint density at radius 3 is 2.53 bits per heavy atom. The molecule has 0 bridgehead atoms.